The second kappa shape index (κ2) is 8.10. The first-order valence-electron chi connectivity index (χ1n) is 8.85. The Bertz CT molecular complexity index is 1160. The molecule has 1 unspecified atom stereocenters. The highest BCUT2D eigenvalue weighted by atomic mass is 35.5. The number of amides is 1. The smallest absolute Gasteiger partial charge is 0.262 e. The first-order valence-corrected chi connectivity index (χ1v) is 11.6. The molecule has 0 aromatic heterocycles. The van der Waals surface area contributed by atoms with Gasteiger partial charge in [0.25, 0.3) is 10.0 Å². The molecule has 1 amide bonds. The quantitative estimate of drug-likeness (QED) is 0.593. The molecule has 8 heteroatoms. The summed E-state index contributed by atoms with van der Waals surface area (Å²) in [5, 5.41) is 2.89. The third kappa shape index (κ3) is 4.42. The predicted molar refractivity (Wildman–Crippen MR) is 117 cm³/mol. The van der Waals surface area contributed by atoms with E-state index in [0.717, 1.165) is 10.5 Å². The van der Waals surface area contributed by atoms with Crippen LogP contribution in [0.1, 0.15) is 5.56 Å². The van der Waals surface area contributed by atoms with E-state index in [-0.39, 0.29) is 16.1 Å². The molecule has 1 aliphatic rings. The first-order chi connectivity index (χ1) is 13.9. The van der Waals surface area contributed by atoms with E-state index in [0.29, 0.717) is 22.8 Å². The molecule has 0 fully saturated rings. The molecular weight excluding hydrogens is 428 g/mol. The molecule has 5 nitrogen and oxygen atoms in total. The van der Waals surface area contributed by atoms with Gasteiger partial charge in [-0.2, -0.15) is 0 Å². The van der Waals surface area contributed by atoms with Crippen LogP contribution in [-0.2, 0) is 21.2 Å². The number of halogens is 1. The van der Waals surface area contributed by atoms with Crippen molar-refractivity contribution in [2.75, 3.05) is 10.0 Å². The Morgan fingerprint density at radius 2 is 1.76 bits per heavy atom. The molecule has 0 aliphatic carbocycles. The van der Waals surface area contributed by atoms with Crippen LogP contribution in [0.15, 0.2) is 82.6 Å². The molecule has 3 aromatic carbocycles. The van der Waals surface area contributed by atoms with Crippen molar-refractivity contribution in [3.8, 4) is 0 Å². The molecule has 0 saturated heterocycles. The number of thioether (sulfide) groups is 1. The molecule has 0 radical (unpaired) electrons. The molecule has 148 valence electrons. The van der Waals surface area contributed by atoms with Gasteiger partial charge in [-0.25, -0.2) is 8.42 Å². The fourth-order valence-corrected chi connectivity index (χ4v) is 5.60. The molecule has 1 aliphatic heterocycles. The number of carbonyl (C=O) groups is 1. The summed E-state index contributed by atoms with van der Waals surface area (Å²) < 4.78 is 27.9. The minimum atomic E-state index is -3.85. The van der Waals surface area contributed by atoms with Gasteiger partial charge in [-0.3, -0.25) is 9.52 Å². The summed E-state index contributed by atoms with van der Waals surface area (Å²) in [7, 11) is -3.85. The highest BCUT2D eigenvalue weighted by Gasteiger charge is 2.28. The van der Waals surface area contributed by atoms with E-state index in [2.05, 4.69) is 10.0 Å². The maximum absolute atomic E-state index is 12.7. The van der Waals surface area contributed by atoms with Crippen LogP contribution in [0.4, 0.5) is 11.4 Å². The van der Waals surface area contributed by atoms with Crippen molar-refractivity contribution in [3.63, 3.8) is 0 Å². The van der Waals surface area contributed by atoms with Crippen LogP contribution in [-0.4, -0.2) is 19.6 Å². The summed E-state index contributed by atoms with van der Waals surface area (Å²) in [6, 6.07) is 20.7. The summed E-state index contributed by atoms with van der Waals surface area (Å²) in [4.78, 5) is 13.8. The van der Waals surface area contributed by atoms with Gasteiger partial charge in [0.05, 0.1) is 20.9 Å². The van der Waals surface area contributed by atoms with Gasteiger partial charge in [0.15, 0.2) is 0 Å². The lowest BCUT2D eigenvalue weighted by Crippen LogP contribution is -2.24. The van der Waals surface area contributed by atoms with Crippen LogP contribution >= 0.6 is 23.4 Å². The Kier molecular flexibility index (Phi) is 5.54. The van der Waals surface area contributed by atoms with Gasteiger partial charge in [0.1, 0.15) is 0 Å². The summed E-state index contributed by atoms with van der Waals surface area (Å²) >= 11 is 7.56. The number of nitrogens with one attached hydrogen (secondary N) is 2. The van der Waals surface area contributed by atoms with Crippen molar-refractivity contribution in [1.29, 1.82) is 0 Å². The van der Waals surface area contributed by atoms with Crippen molar-refractivity contribution >= 4 is 50.7 Å². The maximum atomic E-state index is 12.7. The normalized spacial score (nSPS) is 15.6. The van der Waals surface area contributed by atoms with E-state index in [1.807, 2.05) is 24.3 Å². The van der Waals surface area contributed by atoms with E-state index < -0.39 is 10.0 Å². The topological polar surface area (TPSA) is 75.3 Å². The molecule has 4 rings (SSSR count). The van der Waals surface area contributed by atoms with Crippen molar-refractivity contribution in [2.24, 2.45) is 0 Å². The number of anilines is 2. The number of benzene rings is 3. The zero-order valence-corrected chi connectivity index (χ0v) is 17.5. The lowest BCUT2D eigenvalue weighted by molar-refractivity contribution is -0.115. The lowest BCUT2D eigenvalue weighted by Gasteiger charge is -2.13. The molecule has 3 aromatic rings. The number of fused-ring (bicyclic) bond motifs is 1. The van der Waals surface area contributed by atoms with Crippen LogP contribution in [0.5, 0.6) is 0 Å². The van der Waals surface area contributed by atoms with E-state index >= 15 is 0 Å². The van der Waals surface area contributed by atoms with Gasteiger partial charge in [0, 0.05) is 10.6 Å². The van der Waals surface area contributed by atoms with Gasteiger partial charge in [-0.1, -0.05) is 48.0 Å². The lowest BCUT2D eigenvalue weighted by atomic mass is 10.1. The zero-order valence-electron chi connectivity index (χ0n) is 15.1. The molecular formula is C21H17ClN2O3S2. The van der Waals surface area contributed by atoms with Gasteiger partial charge in [-0.05, 0) is 48.4 Å². The van der Waals surface area contributed by atoms with Crippen LogP contribution < -0.4 is 10.0 Å². The SMILES string of the molecule is O=C(Nc1cccc(S(=O)(=O)Nc2ccccc2Cl)c1)C1Cc2ccccc2S1. The largest absolute Gasteiger partial charge is 0.325 e. The zero-order chi connectivity index (χ0) is 20.4. The van der Waals surface area contributed by atoms with E-state index in [1.54, 1.807) is 36.4 Å². The maximum Gasteiger partial charge on any atom is 0.262 e. The molecule has 29 heavy (non-hydrogen) atoms. The van der Waals surface area contributed by atoms with Crippen molar-refractivity contribution < 1.29 is 13.2 Å². The Morgan fingerprint density at radius 1 is 1.00 bits per heavy atom. The third-order valence-electron chi connectivity index (χ3n) is 4.47. The van der Waals surface area contributed by atoms with E-state index in [1.165, 1.54) is 23.9 Å². The third-order valence-corrected chi connectivity index (χ3v) is 7.48. The Hall–Kier alpha value is -2.48. The van der Waals surface area contributed by atoms with Crippen molar-refractivity contribution in [2.45, 2.75) is 21.5 Å². The van der Waals surface area contributed by atoms with Gasteiger partial charge in [-0.15, -0.1) is 11.8 Å². The van der Waals surface area contributed by atoms with Crippen LogP contribution in [0, 0.1) is 0 Å². The van der Waals surface area contributed by atoms with E-state index in [4.69, 9.17) is 11.6 Å². The molecule has 0 bridgehead atoms. The first kappa shape index (κ1) is 19.8. The molecule has 1 heterocycles. The Morgan fingerprint density at radius 3 is 2.55 bits per heavy atom. The summed E-state index contributed by atoms with van der Waals surface area (Å²) in [5.41, 5.74) is 1.87. The Balaban J connectivity index is 1.49. The number of hydrogen-bond donors (Lipinski definition) is 2. The monoisotopic (exact) mass is 444 g/mol. The second-order valence-corrected chi connectivity index (χ2v) is 9.85. The highest BCUT2D eigenvalue weighted by Crippen LogP contribution is 2.37. The molecule has 0 saturated carbocycles. The second-order valence-electron chi connectivity index (χ2n) is 6.52. The molecule has 0 spiro atoms. The van der Waals surface area contributed by atoms with Crippen LogP contribution in [0.2, 0.25) is 5.02 Å². The van der Waals surface area contributed by atoms with Gasteiger partial charge in [0.2, 0.25) is 5.91 Å². The number of para-hydroxylation sites is 1. The fourth-order valence-electron chi connectivity index (χ4n) is 3.04. The minimum absolute atomic E-state index is 0.0394. The summed E-state index contributed by atoms with van der Waals surface area (Å²) in [5.74, 6) is -0.153. The van der Waals surface area contributed by atoms with Gasteiger partial charge < -0.3 is 5.32 Å². The summed E-state index contributed by atoms with van der Waals surface area (Å²) in [6.07, 6.45) is 0.652. The van der Waals surface area contributed by atoms with Crippen molar-refractivity contribution in [1.82, 2.24) is 0 Å². The fraction of sp³-hybridized carbons (Fsp3) is 0.0952. The standard InChI is InChI=1S/C21H17ClN2O3S2/c22-17-9-2-3-10-18(17)24-29(26,27)16-8-5-7-15(13-16)23-21(25)20-12-14-6-1-4-11-19(14)28-20/h1-11,13,20,24H,12H2,(H,23,25). The van der Waals surface area contributed by atoms with Gasteiger partial charge >= 0.3 is 0 Å². The van der Waals surface area contributed by atoms with Crippen LogP contribution in [0.3, 0.4) is 0 Å². The minimum Gasteiger partial charge on any atom is -0.325 e. The number of rotatable bonds is 5. The van der Waals surface area contributed by atoms with Crippen molar-refractivity contribution in [3.05, 3.63) is 83.4 Å². The number of hydrogen-bond acceptors (Lipinski definition) is 4. The van der Waals surface area contributed by atoms with E-state index in [9.17, 15) is 13.2 Å². The number of carbonyl (C=O) groups excluding carboxylic acids is 1. The highest BCUT2D eigenvalue weighted by molar-refractivity contribution is 8.01. The average Bonchev–Trinajstić information content (AvgIpc) is 3.14. The summed E-state index contributed by atoms with van der Waals surface area (Å²) in [6.45, 7) is 0. The predicted octanol–water partition coefficient (Wildman–Crippen LogP) is 4.80. The average molecular weight is 445 g/mol. The number of sulfonamides is 1. The Labute approximate surface area is 178 Å². The molecule has 1 atom stereocenters. The van der Waals surface area contributed by atoms with Crippen LogP contribution in [0.25, 0.3) is 0 Å². The molecule has 2 N–H and O–H groups in total.